The minimum atomic E-state index is -0.751. The number of alkyl halides is 1. The molecule has 0 amide bonds. The van der Waals surface area contributed by atoms with Gasteiger partial charge in [0.25, 0.3) is 0 Å². The van der Waals surface area contributed by atoms with E-state index in [1.54, 1.807) is 46.8 Å². The summed E-state index contributed by atoms with van der Waals surface area (Å²) in [6.07, 6.45) is 2.27. The second-order valence-corrected chi connectivity index (χ2v) is 9.39. The first-order valence-corrected chi connectivity index (χ1v) is 11.2. The molecule has 2 rings (SSSR count). The van der Waals surface area contributed by atoms with Crippen molar-refractivity contribution in [2.24, 2.45) is 0 Å². The van der Waals surface area contributed by atoms with Crippen molar-refractivity contribution in [1.29, 1.82) is 0 Å². The Kier molecular flexibility index (Phi) is 8.28. The molecule has 2 atom stereocenters. The molecule has 170 valence electrons. The van der Waals surface area contributed by atoms with Crippen molar-refractivity contribution in [2.75, 3.05) is 18.1 Å². The number of halogens is 1. The number of benzene rings is 1. The summed E-state index contributed by atoms with van der Waals surface area (Å²) in [4.78, 5) is 39.5. The summed E-state index contributed by atoms with van der Waals surface area (Å²) in [5.41, 5.74) is 1.13. The third-order valence-electron chi connectivity index (χ3n) is 4.42. The first-order chi connectivity index (χ1) is 14.5. The van der Waals surface area contributed by atoms with Crippen LogP contribution < -0.4 is 4.90 Å². The molecule has 31 heavy (non-hydrogen) atoms. The molecular weight excluding hydrogens is 466 g/mol. The van der Waals surface area contributed by atoms with Gasteiger partial charge in [0.05, 0.1) is 18.8 Å². The largest absolute Gasteiger partial charge is 0.462 e. The number of hydrogen-bond donors (Lipinski definition) is 0. The van der Waals surface area contributed by atoms with Crippen LogP contribution in [-0.2, 0) is 23.8 Å². The fraction of sp³-hybridized carbons (Fsp3) is 0.522. The van der Waals surface area contributed by atoms with Crippen LogP contribution in [0.25, 0.3) is 0 Å². The van der Waals surface area contributed by atoms with Gasteiger partial charge in [0.1, 0.15) is 5.60 Å². The summed E-state index contributed by atoms with van der Waals surface area (Å²) < 4.78 is 15.6. The predicted molar refractivity (Wildman–Crippen MR) is 121 cm³/mol. The van der Waals surface area contributed by atoms with Crippen LogP contribution in [0.2, 0.25) is 0 Å². The van der Waals surface area contributed by atoms with Crippen LogP contribution in [0.1, 0.15) is 57.0 Å². The fourth-order valence-electron chi connectivity index (χ4n) is 2.88. The number of aryl methyl sites for hydroxylation is 1. The lowest BCUT2D eigenvalue weighted by Gasteiger charge is -2.25. The van der Waals surface area contributed by atoms with E-state index in [2.05, 4.69) is 15.9 Å². The second kappa shape index (κ2) is 10.3. The molecule has 0 aliphatic heterocycles. The van der Waals surface area contributed by atoms with Gasteiger partial charge in [-0.2, -0.15) is 0 Å². The zero-order valence-electron chi connectivity index (χ0n) is 18.9. The molecular formula is C23H30BrNO6. The Bertz CT molecular complexity index is 853. The summed E-state index contributed by atoms with van der Waals surface area (Å²) in [6, 6.07) is 5.23. The van der Waals surface area contributed by atoms with E-state index in [0.29, 0.717) is 11.3 Å². The Balaban J connectivity index is 2.51. The summed E-state index contributed by atoms with van der Waals surface area (Å²) in [7, 11) is 0. The Morgan fingerprint density at radius 3 is 2.13 bits per heavy atom. The highest BCUT2D eigenvalue weighted by atomic mass is 79.9. The van der Waals surface area contributed by atoms with Crippen molar-refractivity contribution in [3.05, 3.63) is 41.1 Å². The molecule has 1 aromatic rings. The highest BCUT2D eigenvalue weighted by molar-refractivity contribution is 9.09. The van der Waals surface area contributed by atoms with Gasteiger partial charge in [-0.3, -0.25) is 0 Å². The van der Waals surface area contributed by atoms with Crippen LogP contribution in [0.4, 0.5) is 5.69 Å². The number of hydrogen-bond acceptors (Lipinski definition) is 7. The molecule has 0 N–H and O–H groups in total. The molecule has 0 radical (unpaired) electrons. The van der Waals surface area contributed by atoms with Crippen LogP contribution >= 0.6 is 15.9 Å². The smallest absolute Gasteiger partial charge is 0.347 e. The lowest BCUT2D eigenvalue weighted by molar-refractivity contribution is -0.146. The average molecular weight is 496 g/mol. The quantitative estimate of drug-likeness (QED) is 0.133. The van der Waals surface area contributed by atoms with Gasteiger partial charge in [-0.1, -0.05) is 22.0 Å². The third-order valence-corrected chi connectivity index (χ3v) is 5.40. The molecule has 0 bridgehead atoms. The van der Waals surface area contributed by atoms with Crippen LogP contribution in [-0.4, -0.2) is 47.6 Å². The maximum Gasteiger partial charge on any atom is 0.347 e. The topological polar surface area (TPSA) is 82.1 Å². The maximum atomic E-state index is 12.6. The monoisotopic (exact) mass is 495 g/mol. The van der Waals surface area contributed by atoms with Crippen molar-refractivity contribution < 1.29 is 28.6 Å². The normalized spacial score (nSPS) is 17.4. The van der Waals surface area contributed by atoms with Gasteiger partial charge in [-0.25, -0.2) is 14.4 Å². The van der Waals surface area contributed by atoms with Gasteiger partial charge in [-0.15, -0.1) is 0 Å². The Labute approximate surface area is 191 Å². The Morgan fingerprint density at radius 1 is 1.13 bits per heavy atom. The number of nitrogens with zero attached hydrogens (tertiary/aromatic N) is 1. The van der Waals surface area contributed by atoms with Gasteiger partial charge < -0.3 is 19.1 Å². The number of ether oxygens (including phenoxy) is 3. The number of esters is 3. The first-order valence-electron chi connectivity index (χ1n) is 10.3. The number of rotatable bonds is 8. The van der Waals surface area contributed by atoms with Gasteiger partial charge in [0.15, 0.2) is 5.57 Å². The minimum absolute atomic E-state index is 0.00596. The molecule has 0 aromatic heterocycles. The van der Waals surface area contributed by atoms with Crippen molar-refractivity contribution in [1.82, 2.24) is 0 Å². The molecule has 2 unspecified atom stereocenters. The van der Waals surface area contributed by atoms with Crippen molar-refractivity contribution in [2.45, 2.75) is 64.4 Å². The minimum Gasteiger partial charge on any atom is -0.462 e. The van der Waals surface area contributed by atoms with Gasteiger partial charge in [0, 0.05) is 22.8 Å². The van der Waals surface area contributed by atoms with Crippen LogP contribution in [0.5, 0.6) is 0 Å². The van der Waals surface area contributed by atoms with Crippen LogP contribution in [0.3, 0.4) is 0 Å². The Morgan fingerprint density at radius 2 is 1.68 bits per heavy atom. The zero-order chi connectivity index (χ0) is 23.3. The number of anilines is 1. The molecule has 1 aromatic carbocycles. The fourth-order valence-corrected chi connectivity index (χ4v) is 3.52. The van der Waals surface area contributed by atoms with Crippen LogP contribution in [0, 0.1) is 6.92 Å². The van der Waals surface area contributed by atoms with E-state index in [0.717, 1.165) is 12.0 Å². The third kappa shape index (κ3) is 6.82. The molecule has 7 nitrogen and oxygen atoms in total. The summed E-state index contributed by atoms with van der Waals surface area (Å²) in [5.74, 6) is -1.95. The maximum absolute atomic E-state index is 12.6. The molecule has 1 aliphatic carbocycles. The molecule has 1 aliphatic rings. The zero-order valence-corrected chi connectivity index (χ0v) is 20.4. The molecule has 8 heteroatoms. The average Bonchev–Trinajstić information content (AvgIpc) is 3.38. The standard InChI is InChI=1S/C23H30BrNO6/c1-7-29-21(27)16(22(28)30-8-2)13-25(19-12-17(19)24)18-11-15(10-9-14(18)3)20(26)31-23(4,5)6/h9-11,13,17,19H,7-8,12H2,1-6H3. The highest BCUT2D eigenvalue weighted by Crippen LogP contribution is 2.40. The van der Waals surface area contributed by atoms with E-state index < -0.39 is 23.5 Å². The molecule has 0 spiro atoms. The second-order valence-electron chi connectivity index (χ2n) is 8.21. The molecule has 0 heterocycles. The lowest BCUT2D eigenvalue weighted by atomic mass is 10.1. The summed E-state index contributed by atoms with van der Waals surface area (Å²) in [5, 5.41) is 0. The predicted octanol–water partition coefficient (Wildman–Crippen LogP) is 4.30. The number of carbonyl (C=O) groups excluding carboxylic acids is 3. The van der Waals surface area contributed by atoms with Crippen molar-refractivity contribution >= 4 is 39.5 Å². The lowest BCUT2D eigenvalue weighted by Crippen LogP contribution is -2.28. The molecule has 0 saturated heterocycles. The van der Waals surface area contributed by atoms with Crippen molar-refractivity contribution in [3.8, 4) is 0 Å². The van der Waals surface area contributed by atoms with E-state index >= 15 is 0 Å². The number of carbonyl (C=O) groups is 3. The van der Waals surface area contributed by atoms with E-state index in [-0.39, 0.29) is 29.7 Å². The first kappa shape index (κ1) is 24.9. The van der Waals surface area contributed by atoms with E-state index in [4.69, 9.17) is 14.2 Å². The van der Waals surface area contributed by atoms with Gasteiger partial charge >= 0.3 is 17.9 Å². The van der Waals surface area contributed by atoms with Crippen LogP contribution in [0.15, 0.2) is 30.0 Å². The molecule has 1 saturated carbocycles. The summed E-state index contributed by atoms with van der Waals surface area (Å²) >= 11 is 3.59. The van der Waals surface area contributed by atoms with Crippen molar-refractivity contribution in [3.63, 3.8) is 0 Å². The van der Waals surface area contributed by atoms with E-state index in [9.17, 15) is 14.4 Å². The summed E-state index contributed by atoms with van der Waals surface area (Å²) in [6.45, 7) is 10.9. The Hall–Kier alpha value is -2.35. The molecule has 1 fully saturated rings. The van der Waals surface area contributed by atoms with E-state index in [1.807, 2.05) is 17.9 Å². The van der Waals surface area contributed by atoms with Gasteiger partial charge in [-0.05, 0) is 65.7 Å². The SMILES string of the molecule is CCOC(=O)C(=CN(c1cc(C(=O)OC(C)(C)C)ccc1C)C1CC1Br)C(=O)OCC. The van der Waals surface area contributed by atoms with E-state index in [1.165, 1.54) is 6.20 Å². The van der Waals surface area contributed by atoms with Gasteiger partial charge in [0.2, 0.25) is 0 Å². The highest BCUT2D eigenvalue weighted by Gasteiger charge is 2.41.